The van der Waals surface area contributed by atoms with Crippen LogP contribution in [-0.4, -0.2) is 23.9 Å². The summed E-state index contributed by atoms with van der Waals surface area (Å²) in [5, 5.41) is 10.5. The molecule has 13 heavy (non-hydrogen) atoms. The molecule has 0 bridgehead atoms. The van der Waals surface area contributed by atoms with E-state index in [4.69, 9.17) is 4.74 Å². The average molecular weight is 184 g/mol. The van der Waals surface area contributed by atoms with Crippen LogP contribution in [0.1, 0.15) is 39.5 Å². The van der Waals surface area contributed by atoms with E-state index in [-0.39, 0.29) is 5.41 Å². The Morgan fingerprint density at radius 1 is 1.31 bits per heavy atom. The van der Waals surface area contributed by atoms with Crippen molar-refractivity contribution in [2.45, 2.75) is 45.1 Å². The molecule has 0 spiro atoms. The molecule has 1 N–H and O–H groups in total. The second-order valence-electron chi connectivity index (χ2n) is 5.09. The van der Waals surface area contributed by atoms with E-state index in [0.717, 1.165) is 26.1 Å². The third kappa shape index (κ3) is 1.50. The molecule has 0 aromatic heterocycles. The summed E-state index contributed by atoms with van der Waals surface area (Å²) in [6.45, 7) is 5.90. The lowest BCUT2D eigenvalue weighted by Gasteiger charge is -2.40. The molecule has 1 aliphatic heterocycles. The van der Waals surface area contributed by atoms with Gasteiger partial charge in [-0.2, -0.15) is 0 Å². The summed E-state index contributed by atoms with van der Waals surface area (Å²) in [4.78, 5) is 0. The quantitative estimate of drug-likeness (QED) is 0.711. The lowest BCUT2D eigenvalue weighted by molar-refractivity contribution is -0.0952. The molecule has 1 aliphatic carbocycles. The molecule has 2 fully saturated rings. The molecule has 2 nitrogen and oxygen atoms in total. The van der Waals surface area contributed by atoms with E-state index >= 15 is 0 Å². The molecule has 0 aromatic carbocycles. The zero-order chi connectivity index (χ0) is 9.53. The van der Waals surface area contributed by atoms with Crippen molar-refractivity contribution < 1.29 is 9.84 Å². The summed E-state index contributed by atoms with van der Waals surface area (Å²) in [6.07, 6.45) is 4.44. The van der Waals surface area contributed by atoms with Gasteiger partial charge in [-0.3, -0.25) is 0 Å². The molecule has 0 aromatic rings. The van der Waals surface area contributed by atoms with Crippen molar-refractivity contribution in [3.8, 4) is 0 Å². The maximum Gasteiger partial charge on any atom is 0.0702 e. The first-order valence-electron chi connectivity index (χ1n) is 5.36. The summed E-state index contributed by atoms with van der Waals surface area (Å²) in [6, 6.07) is 0. The first kappa shape index (κ1) is 9.47. The monoisotopic (exact) mass is 184 g/mol. The molecule has 2 heteroatoms. The van der Waals surface area contributed by atoms with Crippen LogP contribution in [0.3, 0.4) is 0 Å². The number of hydrogen-bond acceptors (Lipinski definition) is 2. The Bertz CT molecular complexity index is 188. The molecule has 0 amide bonds. The van der Waals surface area contributed by atoms with Crippen molar-refractivity contribution in [3.05, 3.63) is 0 Å². The largest absolute Gasteiger partial charge is 0.389 e. The van der Waals surface area contributed by atoms with E-state index in [1.54, 1.807) is 0 Å². The molecular formula is C11H20O2. The van der Waals surface area contributed by atoms with Crippen LogP contribution in [0.4, 0.5) is 0 Å². The minimum absolute atomic E-state index is 0.203. The van der Waals surface area contributed by atoms with Gasteiger partial charge in [0.15, 0.2) is 0 Å². The summed E-state index contributed by atoms with van der Waals surface area (Å²) in [5.74, 6) is 0.453. The van der Waals surface area contributed by atoms with E-state index in [1.807, 2.05) is 6.92 Å². The van der Waals surface area contributed by atoms with Gasteiger partial charge in [-0.15, -0.1) is 0 Å². The summed E-state index contributed by atoms with van der Waals surface area (Å²) in [5.41, 5.74) is -0.258. The van der Waals surface area contributed by atoms with Crippen LogP contribution >= 0.6 is 0 Å². The van der Waals surface area contributed by atoms with Gasteiger partial charge in [0.05, 0.1) is 5.60 Å². The van der Waals surface area contributed by atoms with Gasteiger partial charge in [0.1, 0.15) is 0 Å². The molecule has 1 heterocycles. The van der Waals surface area contributed by atoms with Crippen molar-refractivity contribution >= 4 is 0 Å². The number of rotatable bonds is 2. The molecule has 1 atom stereocenters. The molecule has 2 rings (SSSR count). The predicted octanol–water partition coefficient (Wildman–Crippen LogP) is 1.96. The second kappa shape index (κ2) is 2.96. The average Bonchev–Trinajstić information content (AvgIpc) is 2.87. The second-order valence-corrected chi connectivity index (χ2v) is 5.09. The predicted molar refractivity (Wildman–Crippen MR) is 51.5 cm³/mol. The highest BCUT2D eigenvalue weighted by Gasteiger charge is 2.55. The zero-order valence-corrected chi connectivity index (χ0v) is 8.68. The van der Waals surface area contributed by atoms with Gasteiger partial charge in [0.2, 0.25) is 0 Å². The fraction of sp³-hybridized carbons (Fsp3) is 1.00. The maximum atomic E-state index is 10.5. The van der Waals surface area contributed by atoms with Crippen LogP contribution in [0.5, 0.6) is 0 Å². The Balaban J connectivity index is 2.04. The Labute approximate surface area is 80.3 Å². The standard InChI is InChI=1S/C11H20O2/c1-10(5-6-10)11(2,12)9-3-7-13-8-4-9/h9,12H,3-8H2,1-2H3. The summed E-state index contributed by atoms with van der Waals surface area (Å²) >= 11 is 0. The highest BCUT2D eigenvalue weighted by atomic mass is 16.5. The van der Waals surface area contributed by atoms with Crippen LogP contribution in [0, 0.1) is 11.3 Å². The number of hydrogen-bond donors (Lipinski definition) is 1. The van der Waals surface area contributed by atoms with Crippen molar-refractivity contribution in [2.75, 3.05) is 13.2 Å². The summed E-state index contributed by atoms with van der Waals surface area (Å²) in [7, 11) is 0. The zero-order valence-electron chi connectivity index (χ0n) is 8.68. The highest BCUT2D eigenvalue weighted by molar-refractivity contribution is 5.06. The molecule has 1 saturated heterocycles. The molecule has 0 radical (unpaired) electrons. The van der Waals surface area contributed by atoms with Crippen LogP contribution in [-0.2, 0) is 4.74 Å². The Hall–Kier alpha value is -0.0800. The van der Waals surface area contributed by atoms with E-state index in [0.29, 0.717) is 5.92 Å². The van der Waals surface area contributed by atoms with Gasteiger partial charge in [-0.1, -0.05) is 6.92 Å². The molecular weight excluding hydrogens is 164 g/mol. The SMILES string of the molecule is CC1(C(C)(O)C2CCOCC2)CC1. The van der Waals surface area contributed by atoms with Crippen LogP contribution in [0.2, 0.25) is 0 Å². The van der Waals surface area contributed by atoms with E-state index in [2.05, 4.69) is 6.92 Å². The topological polar surface area (TPSA) is 29.5 Å². The number of ether oxygens (including phenoxy) is 1. The minimum atomic E-state index is -0.462. The van der Waals surface area contributed by atoms with Crippen LogP contribution < -0.4 is 0 Å². The maximum absolute atomic E-state index is 10.5. The van der Waals surface area contributed by atoms with Crippen molar-refractivity contribution in [1.82, 2.24) is 0 Å². The molecule has 2 aliphatic rings. The molecule has 76 valence electrons. The molecule has 1 unspecified atom stereocenters. The van der Waals surface area contributed by atoms with E-state index in [9.17, 15) is 5.11 Å². The molecule has 1 saturated carbocycles. The Kier molecular flexibility index (Phi) is 2.16. The highest BCUT2D eigenvalue weighted by Crippen LogP contribution is 2.57. The van der Waals surface area contributed by atoms with Crippen molar-refractivity contribution in [1.29, 1.82) is 0 Å². The van der Waals surface area contributed by atoms with Crippen molar-refractivity contribution in [2.24, 2.45) is 11.3 Å². The lowest BCUT2D eigenvalue weighted by atomic mass is 9.73. The number of aliphatic hydroxyl groups is 1. The van der Waals surface area contributed by atoms with Gasteiger partial charge in [-0.05, 0) is 43.9 Å². The van der Waals surface area contributed by atoms with Gasteiger partial charge >= 0.3 is 0 Å². The fourth-order valence-corrected chi connectivity index (χ4v) is 2.45. The minimum Gasteiger partial charge on any atom is -0.389 e. The fourth-order valence-electron chi connectivity index (χ4n) is 2.45. The lowest BCUT2D eigenvalue weighted by Crippen LogP contribution is -2.44. The normalized spacial score (nSPS) is 32.5. The van der Waals surface area contributed by atoms with Gasteiger partial charge in [0.25, 0.3) is 0 Å². The van der Waals surface area contributed by atoms with E-state index < -0.39 is 5.60 Å². The van der Waals surface area contributed by atoms with Gasteiger partial charge < -0.3 is 9.84 Å². The van der Waals surface area contributed by atoms with E-state index in [1.165, 1.54) is 12.8 Å². The Morgan fingerprint density at radius 3 is 2.31 bits per heavy atom. The van der Waals surface area contributed by atoms with Gasteiger partial charge in [0, 0.05) is 13.2 Å². The van der Waals surface area contributed by atoms with Gasteiger partial charge in [-0.25, -0.2) is 0 Å². The first-order valence-corrected chi connectivity index (χ1v) is 5.36. The Morgan fingerprint density at radius 2 is 1.85 bits per heavy atom. The third-order valence-electron chi connectivity index (χ3n) is 4.24. The smallest absolute Gasteiger partial charge is 0.0702 e. The third-order valence-corrected chi connectivity index (χ3v) is 4.24. The van der Waals surface area contributed by atoms with Crippen LogP contribution in [0.25, 0.3) is 0 Å². The van der Waals surface area contributed by atoms with Crippen molar-refractivity contribution in [3.63, 3.8) is 0 Å². The summed E-state index contributed by atoms with van der Waals surface area (Å²) < 4.78 is 5.32. The first-order chi connectivity index (χ1) is 6.06. The van der Waals surface area contributed by atoms with Crippen LogP contribution in [0.15, 0.2) is 0 Å².